The Morgan fingerprint density at radius 2 is 1.59 bits per heavy atom. The molecule has 0 unspecified atom stereocenters. The smallest absolute Gasteiger partial charge is 0.224 e. The van der Waals surface area contributed by atoms with Gasteiger partial charge in [-0.05, 0) is 42.8 Å². The van der Waals surface area contributed by atoms with Crippen LogP contribution in [0.2, 0.25) is 5.02 Å². The third kappa shape index (κ3) is 7.12. The van der Waals surface area contributed by atoms with Crippen LogP contribution in [-0.2, 0) is 9.53 Å². The second-order valence-corrected chi connectivity index (χ2v) is 11.6. The van der Waals surface area contributed by atoms with Crippen molar-refractivity contribution in [1.29, 1.82) is 0 Å². The van der Waals surface area contributed by atoms with E-state index in [1.54, 1.807) is 12.1 Å². The number of para-hydroxylation sites is 2. The zero-order chi connectivity index (χ0) is 30.3. The molecule has 2 aliphatic heterocycles. The summed E-state index contributed by atoms with van der Waals surface area (Å²) in [5.41, 5.74) is 2.20. The van der Waals surface area contributed by atoms with Crippen molar-refractivity contribution in [2.24, 2.45) is 0 Å². The Labute approximate surface area is 263 Å². The van der Waals surface area contributed by atoms with E-state index >= 15 is 0 Å². The van der Waals surface area contributed by atoms with E-state index in [1.807, 2.05) is 64.4 Å². The molecule has 0 bridgehead atoms. The largest absolute Gasteiger partial charge is 0.379 e. The molecule has 44 heavy (non-hydrogen) atoms. The molecule has 2 fully saturated rings. The highest BCUT2D eigenvalue weighted by Crippen LogP contribution is 2.31. The fourth-order valence-corrected chi connectivity index (χ4v) is 6.21. The molecule has 0 atom stereocenters. The van der Waals surface area contributed by atoms with E-state index in [2.05, 4.69) is 9.80 Å². The number of hydrogen-bond acceptors (Lipinski definition) is 7. The van der Waals surface area contributed by atoms with Crippen LogP contribution in [0.4, 0.5) is 15.9 Å². The Morgan fingerprint density at radius 1 is 0.864 bits per heavy atom. The molecule has 4 aromatic rings. The minimum Gasteiger partial charge on any atom is -0.379 e. The third-order valence-electron chi connectivity index (χ3n) is 8.42. The number of fused-ring (bicyclic) bond motifs is 1. The zero-order valence-corrected chi connectivity index (χ0v) is 25.6. The summed E-state index contributed by atoms with van der Waals surface area (Å²) >= 11 is 6.57. The number of rotatable bonds is 10. The van der Waals surface area contributed by atoms with Crippen molar-refractivity contribution in [3.63, 3.8) is 0 Å². The van der Waals surface area contributed by atoms with Crippen LogP contribution in [0.1, 0.15) is 12.8 Å². The SMILES string of the molecule is O=C(CCN(CCCN1CCOCC1)c1nc(-c2ccccc2Cl)nc2ccccc12)N1CCN(c2ccccc2F)CC1. The molecule has 3 heterocycles. The first-order valence-corrected chi connectivity index (χ1v) is 15.8. The van der Waals surface area contributed by atoms with Gasteiger partial charge in [0.05, 0.1) is 29.4 Å². The van der Waals surface area contributed by atoms with Crippen LogP contribution in [0.3, 0.4) is 0 Å². The lowest BCUT2D eigenvalue weighted by atomic mass is 10.1. The molecular formula is C34H38ClFN6O2. The van der Waals surface area contributed by atoms with Gasteiger partial charge in [0.25, 0.3) is 0 Å². The van der Waals surface area contributed by atoms with Crippen molar-refractivity contribution in [3.8, 4) is 11.4 Å². The topological polar surface area (TPSA) is 65.0 Å². The number of piperazine rings is 1. The highest BCUT2D eigenvalue weighted by molar-refractivity contribution is 6.33. The zero-order valence-electron chi connectivity index (χ0n) is 24.9. The van der Waals surface area contributed by atoms with E-state index in [0.29, 0.717) is 55.7 Å². The standard InChI is InChI=1S/C34H38ClFN6O2/c35-28-10-3-1-8-26(28)33-37-30-12-5-2-9-27(30)34(38-33)42(16-7-15-39-22-24-44-25-23-39)17-14-32(43)41-20-18-40(19-21-41)31-13-6-4-11-29(31)36/h1-6,8-13H,7,14-25H2. The first-order valence-electron chi connectivity index (χ1n) is 15.4. The molecule has 6 rings (SSSR count). The number of benzene rings is 3. The summed E-state index contributed by atoms with van der Waals surface area (Å²) in [6.45, 7) is 7.96. The predicted molar refractivity (Wildman–Crippen MR) is 174 cm³/mol. The van der Waals surface area contributed by atoms with Crippen molar-refractivity contribution in [2.75, 3.05) is 81.9 Å². The normalized spacial score (nSPS) is 16.0. The fourth-order valence-electron chi connectivity index (χ4n) is 5.99. The lowest BCUT2D eigenvalue weighted by Gasteiger charge is -2.36. The van der Waals surface area contributed by atoms with Gasteiger partial charge in [0.2, 0.25) is 5.91 Å². The molecule has 10 heteroatoms. The first-order chi connectivity index (χ1) is 21.6. The minimum atomic E-state index is -0.228. The number of aromatic nitrogens is 2. The van der Waals surface area contributed by atoms with E-state index in [1.165, 1.54) is 6.07 Å². The van der Waals surface area contributed by atoms with E-state index in [0.717, 1.165) is 68.1 Å². The first kappa shape index (κ1) is 30.2. The van der Waals surface area contributed by atoms with Crippen molar-refractivity contribution >= 4 is 39.9 Å². The molecule has 0 aliphatic carbocycles. The summed E-state index contributed by atoms with van der Waals surface area (Å²) in [5, 5.41) is 1.54. The van der Waals surface area contributed by atoms with Crippen molar-refractivity contribution in [1.82, 2.24) is 19.8 Å². The van der Waals surface area contributed by atoms with Gasteiger partial charge in [-0.2, -0.15) is 0 Å². The molecule has 2 aliphatic rings. The van der Waals surface area contributed by atoms with Crippen LogP contribution >= 0.6 is 11.6 Å². The molecule has 1 aromatic heterocycles. The number of carbonyl (C=O) groups is 1. The Bertz CT molecular complexity index is 1570. The average Bonchev–Trinajstić information content (AvgIpc) is 3.07. The number of hydrogen-bond donors (Lipinski definition) is 0. The molecule has 0 saturated carbocycles. The summed E-state index contributed by atoms with van der Waals surface area (Å²) in [6.07, 6.45) is 1.28. The number of nitrogens with zero attached hydrogens (tertiary/aromatic N) is 6. The van der Waals surface area contributed by atoms with Gasteiger partial charge in [-0.3, -0.25) is 9.69 Å². The maximum Gasteiger partial charge on any atom is 0.224 e. The highest BCUT2D eigenvalue weighted by Gasteiger charge is 2.24. The number of amides is 1. The maximum atomic E-state index is 14.3. The lowest BCUT2D eigenvalue weighted by molar-refractivity contribution is -0.131. The van der Waals surface area contributed by atoms with E-state index in [-0.39, 0.29) is 11.7 Å². The second-order valence-electron chi connectivity index (χ2n) is 11.2. The summed E-state index contributed by atoms with van der Waals surface area (Å²) in [5.74, 6) is 1.25. The summed E-state index contributed by atoms with van der Waals surface area (Å²) in [7, 11) is 0. The summed E-state index contributed by atoms with van der Waals surface area (Å²) in [6, 6.07) is 22.4. The minimum absolute atomic E-state index is 0.0982. The van der Waals surface area contributed by atoms with Crippen molar-refractivity contribution < 1.29 is 13.9 Å². The average molecular weight is 617 g/mol. The number of ether oxygens (including phenoxy) is 1. The molecule has 0 radical (unpaired) electrons. The Kier molecular flexibility index (Phi) is 9.85. The fraction of sp³-hybridized carbons (Fsp3) is 0.382. The Balaban J connectivity index is 1.20. The van der Waals surface area contributed by atoms with E-state index < -0.39 is 0 Å². The molecule has 1 amide bonds. The monoisotopic (exact) mass is 616 g/mol. The van der Waals surface area contributed by atoms with Crippen LogP contribution in [0, 0.1) is 5.82 Å². The van der Waals surface area contributed by atoms with Crippen LogP contribution in [0.15, 0.2) is 72.8 Å². The molecule has 8 nitrogen and oxygen atoms in total. The van der Waals surface area contributed by atoms with Gasteiger partial charge in [0.1, 0.15) is 11.6 Å². The molecule has 3 aromatic carbocycles. The van der Waals surface area contributed by atoms with Crippen molar-refractivity contribution in [2.45, 2.75) is 12.8 Å². The Hall–Kier alpha value is -3.79. The van der Waals surface area contributed by atoms with Crippen LogP contribution in [0.5, 0.6) is 0 Å². The maximum absolute atomic E-state index is 14.3. The number of halogens is 2. The molecule has 0 spiro atoms. The third-order valence-corrected chi connectivity index (χ3v) is 8.75. The predicted octanol–water partition coefficient (Wildman–Crippen LogP) is 5.36. The van der Waals surface area contributed by atoms with Gasteiger partial charge in [-0.25, -0.2) is 14.4 Å². The van der Waals surface area contributed by atoms with Crippen LogP contribution in [-0.4, -0.2) is 97.8 Å². The van der Waals surface area contributed by atoms with Gasteiger partial charge in [-0.1, -0.05) is 48.0 Å². The second kappa shape index (κ2) is 14.3. The number of carbonyl (C=O) groups excluding carboxylic acids is 1. The van der Waals surface area contributed by atoms with Crippen molar-refractivity contribution in [3.05, 3.63) is 83.6 Å². The van der Waals surface area contributed by atoms with E-state index in [4.69, 9.17) is 26.3 Å². The van der Waals surface area contributed by atoms with Gasteiger partial charge in [0.15, 0.2) is 5.82 Å². The van der Waals surface area contributed by atoms with Crippen LogP contribution in [0.25, 0.3) is 22.3 Å². The van der Waals surface area contributed by atoms with Crippen LogP contribution < -0.4 is 9.80 Å². The van der Waals surface area contributed by atoms with E-state index in [9.17, 15) is 9.18 Å². The number of morpholine rings is 1. The van der Waals surface area contributed by atoms with Gasteiger partial charge in [0, 0.05) is 76.3 Å². The molecular weight excluding hydrogens is 579 g/mol. The number of anilines is 2. The van der Waals surface area contributed by atoms with Gasteiger partial charge in [-0.15, -0.1) is 0 Å². The molecule has 0 N–H and O–H groups in total. The summed E-state index contributed by atoms with van der Waals surface area (Å²) < 4.78 is 19.9. The lowest BCUT2D eigenvalue weighted by Crippen LogP contribution is -2.49. The summed E-state index contributed by atoms with van der Waals surface area (Å²) in [4.78, 5) is 32.0. The quantitative estimate of drug-likeness (QED) is 0.238. The molecule has 230 valence electrons. The Morgan fingerprint density at radius 3 is 2.39 bits per heavy atom. The van der Waals surface area contributed by atoms with Gasteiger partial charge < -0.3 is 19.4 Å². The van der Waals surface area contributed by atoms with Gasteiger partial charge >= 0.3 is 0 Å². The highest BCUT2D eigenvalue weighted by atomic mass is 35.5. The molecule has 2 saturated heterocycles.